The van der Waals surface area contributed by atoms with Gasteiger partial charge >= 0.3 is 0 Å². The molecular weight excluding hydrogens is 288 g/mol. The maximum Gasteiger partial charge on any atom is 0.185 e. The van der Waals surface area contributed by atoms with E-state index in [0.29, 0.717) is 22.6 Å². The predicted molar refractivity (Wildman–Crippen MR) is 80.9 cm³/mol. The minimum Gasteiger partial charge on any atom is -0.398 e. The molecule has 4 rings (SSSR count). The third kappa shape index (κ3) is 2.28. The molecule has 1 saturated carbocycles. The van der Waals surface area contributed by atoms with Crippen LogP contribution in [0.15, 0.2) is 18.2 Å². The summed E-state index contributed by atoms with van der Waals surface area (Å²) in [5.74, 6) is 0.667. The molecule has 2 aliphatic rings. The van der Waals surface area contributed by atoms with Gasteiger partial charge in [0, 0.05) is 24.8 Å². The Hall–Kier alpha value is -1.66. The number of benzene rings is 1. The summed E-state index contributed by atoms with van der Waals surface area (Å²) in [5.41, 5.74) is 7.40. The van der Waals surface area contributed by atoms with Gasteiger partial charge < -0.3 is 5.73 Å². The number of hydrogen-bond acceptors (Lipinski definition) is 5. The Morgan fingerprint density at radius 1 is 1.19 bits per heavy atom. The van der Waals surface area contributed by atoms with Gasteiger partial charge in [0.2, 0.25) is 0 Å². The van der Waals surface area contributed by atoms with Crippen molar-refractivity contribution < 1.29 is 0 Å². The van der Waals surface area contributed by atoms with E-state index < -0.39 is 0 Å². The molecule has 110 valence electrons. The average molecular weight is 305 g/mol. The predicted octanol–water partition coefficient (Wildman–Crippen LogP) is 1.98. The van der Waals surface area contributed by atoms with E-state index in [-0.39, 0.29) is 0 Å². The van der Waals surface area contributed by atoms with Crippen LogP contribution in [0.5, 0.6) is 0 Å². The second-order valence-electron chi connectivity index (χ2n) is 5.82. The van der Waals surface area contributed by atoms with E-state index in [0.717, 1.165) is 31.1 Å². The van der Waals surface area contributed by atoms with E-state index in [1.807, 2.05) is 22.9 Å². The van der Waals surface area contributed by atoms with Crippen molar-refractivity contribution in [2.75, 3.05) is 18.8 Å². The van der Waals surface area contributed by atoms with Crippen LogP contribution < -0.4 is 5.73 Å². The standard InChI is InChI=1S/C14H17ClN6/c15-11-2-1-3-12(16)13(11)14-17-18-19-21(14)10-6-7-20(8-10)9-4-5-9/h1-3,9-10H,4-8,16H2. The molecule has 6 nitrogen and oxygen atoms in total. The lowest BCUT2D eigenvalue weighted by Gasteiger charge is -2.16. The molecular formula is C14H17ClN6. The van der Waals surface area contributed by atoms with Crippen molar-refractivity contribution in [2.24, 2.45) is 0 Å². The molecule has 1 aliphatic heterocycles. The molecule has 2 fully saturated rings. The Balaban J connectivity index is 1.68. The Morgan fingerprint density at radius 2 is 2.05 bits per heavy atom. The lowest BCUT2D eigenvalue weighted by molar-refractivity contribution is 0.309. The lowest BCUT2D eigenvalue weighted by atomic mass is 10.1. The zero-order valence-electron chi connectivity index (χ0n) is 11.6. The number of nitrogens with zero attached hydrogens (tertiary/aromatic N) is 5. The number of rotatable bonds is 3. The van der Waals surface area contributed by atoms with Gasteiger partial charge in [-0.1, -0.05) is 17.7 Å². The first-order valence-electron chi connectivity index (χ1n) is 7.30. The van der Waals surface area contributed by atoms with Crippen LogP contribution in [0.25, 0.3) is 11.4 Å². The molecule has 1 aliphatic carbocycles. The Bertz CT molecular complexity index is 645. The van der Waals surface area contributed by atoms with Gasteiger partial charge in [-0.2, -0.15) is 0 Å². The molecule has 1 saturated heterocycles. The van der Waals surface area contributed by atoms with Crippen molar-refractivity contribution in [2.45, 2.75) is 31.3 Å². The van der Waals surface area contributed by atoms with Crippen LogP contribution in [-0.2, 0) is 0 Å². The lowest BCUT2D eigenvalue weighted by Crippen LogP contribution is -2.24. The quantitative estimate of drug-likeness (QED) is 0.878. The highest BCUT2D eigenvalue weighted by molar-refractivity contribution is 6.33. The normalized spacial score (nSPS) is 22.8. The van der Waals surface area contributed by atoms with E-state index in [1.54, 1.807) is 0 Å². The number of nitrogen functional groups attached to an aromatic ring is 1. The molecule has 0 radical (unpaired) electrons. The van der Waals surface area contributed by atoms with Crippen molar-refractivity contribution in [3.63, 3.8) is 0 Å². The first kappa shape index (κ1) is 13.0. The minimum absolute atomic E-state index is 0.297. The van der Waals surface area contributed by atoms with Crippen LogP contribution in [0, 0.1) is 0 Å². The second kappa shape index (κ2) is 4.96. The summed E-state index contributed by atoms with van der Waals surface area (Å²) >= 11 is 6.29. The molecule has 1 aromatic carbocycles. The Kier molecular flexibility index (Phi) is 3.08. The minimum atomic E-state index is 0.297. The summed E-state index contributed by atoms with van der Waals surface area (Å²) in [6.45, 7) is 2.12. The van der Waals surface area contributed by atoms with Gasteiger partial charge in [0.05, 0.1) is 16.6 Å². The largest absolute Gasteiger partial charge is 0.398 e. The fourth-order valence-corrected chi connectivity index (χ4v) is 3.39. The van der Waals surface area contributed by atoms with Gasteiger partial charge in [0.25, 0.3) is 0 Å². The SMILES string of the molecule is Nc1cccc(Cl)c1-c1nnnn1C1CCN(C2CC2)C1. The van der Waals surface area contributed by atoms with Crippen molar-refractivity contribution in [3.8, 4) is 11.4 Å². The molecule has 1 atom stereocenters. The van der Waals surface area contributed by atoms with Gasteiger partial charge in [0.15, 0.2) is 5.82 Å². The first-order valence-corrected chi connectivity index (χ1v) is 7.68. The van der Waals surface area contributed by atoms with E-state index >= 15 is 0 Å². The molecule has 2 aromatic rings. The van der Waals surface area contributed by atoms with Crippen LogP contribution in [0.2, 0.25) is 5.02 Å². The molecule has 0 spiro atoms. The third-order valence-corrected chi connectivity index (χ3v) is 4.68. The molecule has 2 heterocycles. The van der Waals surface area contributed by atoms with Gasteiger partial charge in [-0.3, -0.25) is 4.90 Å². The molecule has 1 unspecified atom stereocenters. The number of nitrogens with two attached hydrogens (primary N) is 1. The molecule has 7 heteroatoms. The van der Waals surface area contributed by atoms with Gasteiger partial charge in [-0.05, 0) is 41.8 Å². The first-order chi connectivity index (χ1) is 10.2. The van der Waals surface area contributed by atoms with Crippen molar-refractivity contribution in [1.82, 2.24) is 25.1 Å². The Morgan fingerprint density at radius 3 is 2.81 bits per heavy atom. The number of anilines is 1. The average Bonchev–Trinajstić information content (AvgIpc) is 3.00. The van der Waals surface area contributed by atoms with Crippen LogP contribution in [0.3, 0.4) is 0 Å². The fourth-order valence-electron chi connectivity index (χ4n) is 3.12. The zero-order chi connectivity index (χ0) is 14.4. The molecule has 2 N–H and O–H groups in total. The van der Waals surface area contributed by atoms with E-state index in [1.165, 1.54) is 12.8 Å². The van der Waals surface area contributed by atoms with Crippen LogP contribution in [-0.4, -0.2) is 44.2 Å². The highest BCUT2D eigenvalue weighted by Crippen LogP contribution is 2.36. The van der Waals surface area contributed by atoms with E-state index in [4.69, 9.17) is 17.3 Å². The number of halogens is 1. The third-order valence-electron chi connectivity index (χ3n) is 4.37. The van der Waals surface area contributed by atoms with Crippen molar-refractivity contribution in [3.05, 3.63) is 23.2 Å². The van der Waals surface area contributed by atoms with E-state index in [2.05, 4.69) is 20.4 Å². The molecule has 21 heavy (non-hydrogen) atoms. The topological polar surface area (TPSA) is 72.9 Å². The van der Waals surface area contributed by atoms with Gasteiger partial charge in [-0.15, -0.1) is 5.10 Å². The Labute approximate surface area is 127 Å². The smallest absolute Gasteiger partial charge is 0.185 e. The summed E-state index contributed by atoms with van der Waals surface area (Å²) in [6, 6.07) is 6.55. The maximum atomic E-state index is 6.29. The molecule has 0 bridgehead atoms. The molecule has 1 aromatic heterocycles. The van der Waals surface area contributed by atoms with Crippen molar-refractivity contribution in [1.29, 1.82) is 0 Å². The number of hydrogen-bond donors (Lipinski definition) is 1. The summed E-state index contributed by atoms with van der Waals surface area (Å²) in [7, 11) is 0. The summed E-state index contributed by atoms with van der Waals surface area (Å²) < 4.78 is 1.89. The van der Waals surface area contributed by atoms with Crippen LogP contribution in [0.4, 0.5) is 5.69 Å². The summed E-state index contributed by atoms with van der Waals surface area (Å²) in [5, 5.41) is 12.8. The zero-order valence-corrected chi connectivity index (χ0v) is 12.4. The number of tetrazole rings is 1. The maximum absolute atomic E-state index is 6.29. The summed E-state index contributed by atoms with van der Waals surface area (Å²) in [6.07, 6.45) is 3.72. The second-order valence-corrected chi connectivity index (χ2v) is 6.23. The summed E-state index contributed by atoms with van der Waals surface area (Å²) in [4.78, 5) is 2.53. The monoisotopic (exact) mass is 304 g/mol. The van der Waals surface area contributed by atoms with Gasteiger partial charge in [-0.25, -0.2) is 4.68 Å². The highest BCUT2D eigenvalue weighted by Gasteiger charge is 2.36. The van der Waals surface area contributed by atoms with Crippen LogP contribution >= 0.6 is 11.6 Å². The number of likely N-dealkylation sites (tertiary alicyclic amines) is 1. The fraction of sp³-hybridized carbons (Fsp3) is 0.500. The highest BCUT2D eigenvalue weighted by atomic mass is 35.5. The van der Waals surface area contributed by atoms with Crippen molar-refractivity contribution >= 4 is 17.3 Å². The molecule has 0 amide bonds. The van der Waals surface area contributed by atoms with Crippen LogP contribution in [0.1, 0.15) is 25.3 Å². The van der Waals surface area contributed by atoms with E-state index in [9.17, 15) is 0 Å². The van der Waals surface area contributed by atoms with Gasteiger partial charge in [0.1, 0.15) is 0 Å². The number of aromatic nitrogens is 4.